The molecule has 9 heteroatoms. The van der Waals surface area contributed by atoms with Crippen molar-refractivity contribution >= 4 is 22.9 Å². The van der Waals surface area contributed by atoms with Crippen molar-refractivity contribution in [3.8, 4) is 0 Å². The van der Waals surface area contributed by atoms with Gasteiger partial charge in [0.15, 0.2) is 5.65 Å². The second kappa shape index (κ2) is 5.61. The molecule has 0 atom stereocenters. The van der Waals surface area contributed by atoms with E-state index >= 15 is 0 Å². The maximum absolute atomic E-state index is 11.3. The minimum absolute atomic E-state index is 0.0725. The van der Waals surface area contributed by atoms with Gasteiger partial charge in [0.25, 0.3) is 0 Å². The number of anilines is 1. The van der Waals surface area contributed by atoms with Gasteiger partial charge in [0.05, 0.1) is 6.20 Å². The van der Waals surface area contributed by atoms with Crippen LogP contribution in [0, 0.1) is 10.1 Å². The van der Waals surface area contributed by atoms with Crippen molar-refractivity contribution in [1.82, 2.24) is 24.0 Å². The van der Waals surface area contributed by atoms with Crippen LogP contribution in [0.4, 0.5) is 11.6 Å². The number of rotatable bonds is 5. The number of pyridine rings is 2. The average molecular weight is 323 g/mol. The standard InChI is InChI=1S/C15H13N7O2/c23-22(24)15-14(17-11-5-1-4-10-21(11)15)16-8-7-13-19-18-12-6-2-3-9-20(12)13/h1-6,9-10,16H,7-8H2. The zero-order valence-electron chi connectivity index (χ0n) is 12.5. The molecule has 4 rings (SSSR count). The Morgan fingerprint density at radius 2 is 1.79 bits per heavy atom. The molecule has 0 aromatic carbocycles. The van der Waals surface area contributed by atoms with Gasteiger partial charge < -0.3 is 15.4 Å². The summed E-state index contributed by atoms with van der Waals surface area (Å²) in [6, 6.07) is 10.9. The number of aromatic nitrogens is 5. The van der Waals surface area contributed by atoms with Gasteiger partial charge in [-0.25, -0.2) is 0 Å². The summed E-state index contributed by atoms with van der Waals surface area (Å²) in [6.07, 6.45) is 4.08. The fourth-order valence-electron chi connectivity index (χ4n) is 2.63. The summed E-state index contributed by atoms with van der Waals surface area (Å²) in [6.45, 7) is 0.459. The molecule has 0 bridgehead atoms. The summed E-state index contributed by atoms with van der Waals surface area (Å²) in [5, 5.41) is 22.6. The monoisotopic (exact) mass is 323 g/mol. The summed E-state index contributed by atoms with van der Waals surface area (Å²) >= 11 is 0. The molecular weight excluding hydrogens is 310 g/mol. The molecule has 9 nitrogen and oxygen atoms in total. The van der Waals surface area contributed by atoms with Crippen molar-refractivity contribution < 1.29 is 4.92 Å². The van der Waals surface area contributed by atoms with Crippen molar-refractivity contribution in [1.29, 1.82) is 0 Å². The SMILES string of the molecule is O=[N+]([O-])c1c(NCCc2nnc3ccccn23)nc2ccccn12. The van der Waals surface area contributed by atoms with Gasteiger partial charge in [-0.2, -0.15) is 9.38 Å². The van der Waals surface area contributed by atoms with Crippen LogP contribution in [0.5, 0.6) is 0 Å². The van der Waals surface area contributed by atoms with E-state index in [2.05, 4.69) is 20.5 Å². The van der Waals surface area contributed by atoms with E-state index in [1.807, 2.05) is 28.8 Å². The van der Waals surface area contributed by atoms with Crippen LogP contribution in [0.1, 0.15) is 5.82 Å². The lowest BCUT2D eigenvalue weighted by Gasteiger charge is -2.03. The van der Waals surface area contributed by atoms with E-state index < -0.39 is 4.92 Å². The average Bonchev–Trinajstić information content (AvgIpc) is 3.16. The van der Waals surface area contributed by atoms with E-state index in [1.54, 1.807) is 24.4 Å². The minimum Gasteiger partial charge on any atom is -0.363 e. The maximum atomic E-state index is 11.3. The molecule has 0 aliphatic heterocycles. The van der Waals surface area contributed by atoms with Crippen molar-refractivity contribution in [3.05, 3.63) is 64.7 Å². The topological polar surface area (TPSA) is 103 Å². The number of nitro groups is 1. The summed E-state index contributed by atoms with van der Waals surface area (Å²) in [5.74, 6) is 0.959. The Labute approximate surface area is 135 Å². The second-order valence-corrected chi connectivity index (χ2v) is 5.19. The molecule has 120 valence electrons. The normalized spacial score (nSPS) is 11.2. The van der Waals surface area contributed by atoms with E-state index in [1.165, 1.54) is 4.40 Å². The molecule has 24 heavy (non-hydrogen) atoms. The molecule has 0 radical (unpaired) electrons. The Balaban J connectivity index is 1.57. The van der Waals surface area contributed by atoms with Crippen molar-refractivity contribution in [2.24, 2.45) is 0 Å². The second-order valence-electron chi connectivity index (χ2n) is 5.19. The molecule has 0 amide bonds. The van der Waals surface area contributed by atoms with Crippen LogP contribution in [0.15, 0.2) is 48.8 Å². The van der Waals surface area contributed by atoms with Gasteiger partial charge in [-0.15, -0.1) is 10.2 Å². The predicted molar refractivity (Wildman–Crippen MR) is 87.0 cm³/mol. The van der Waals surface area contributed by atoms with E-state index in [0.29, 0.717) is 18.6 Å². The lowest BCUT2D eigenvalue weighted by Crippen LogP contribution is -2.09. The third kappa shape index (κ3) is 2.32. The first kappa shape index (κ1) is 14.1. The highest BCUT2D eigenvalue weighted by Gasteiger charge is 2.21. The fraction of sp³-hybridized carbons (Fsp3) is 0.133. The Kier molecular flexibility index (Phi) is 3.30. The predicted octanol–water partition coefficient (Wildman–Crippen LogP) is 1.94. The number of imidazole rings is 1. The molecule has 4 aromatic rings. The fourth-order valence-corrected chi connectivity index (χ4v) is 2.63. The zero-order chi connectivity index (χ0) is 16.5. The molecule has 0 unspecified atom stereocenters. The van der Waals surface area contributed by atoms with Crippen LogP contribution in [0.2, 0.25) is 0 Å². The van der Waals surface area contributed by atoms with E-state index in [4.69, 9.17) is 0 Å². The minimum atomic E-state index is -0.436. The Hall–Kier alpha value is -3.49. The highest BCUT2D eigenvalue weighted by molar-refractivity contribution is 5.62. The first-order valence-corrected chi connectivity index (χ1v) is 7.38. The molecule has 0 aliphatic rings. The maximum Gasteiger partial charge on any atom is 0.372 e. The van der Waals surface area contributed by atoms with Crippen LogP contribution in [-0.4, -0.2) is 35.5 Å². The number of hydrogen-bond acceptors (Lipinski definition) is 6. The molecule has 0 saturated carbocycles. The number of hydrogen-bond donors (Lipinski definition) is 1. The van der Waals surface area contributed by atoms with Gasteiger partial charge in [0, 0.05) is 25.2 Å². The highest BCUT2D eigenvalue weighted by atomic mass is 16.6. The lowest BCUT2D eigenvalue weighted by molar-refractivity contribution is -0.389. The first-order chi connectivity index (χ1) is 11.7. The van der Waals surface area contributed by atoms with Gasteiger partial charge in [-0.3, -0.25) is 4.40 Å². The van der Waals surface area contributed by atoms with Gasteiger partial charge >= 0.3 is 5.82 Å². The quantitative estimate of drug-likeness (QED) is 0.445. The number of nitrogens with zero attached hydrogens (tertiary/aromatic N) is 6. The Morgan fingerprint density at radius 3 is 2.58 bits per heavy atom. The molecule has 0 aliphatic carbocycles. The molecule has 4 aromatic heterocycles. The van der Waals surface area contributed by atoms with Crippen LogP contribution in [-0.2, 0) is 6.42 Å². The lowest BCUT2D eigenvalue weighted by atomic mass is 10.4. The van der Waals surface area contributed by atoms with Crippen molar-refractivity contribution in [3.63, 3.8) is 0 Å². The summed E-state index contributed by atoms with van der Waals surface area (Å²) in [5.41, 5.74) is 1.30. The highest BCUT2D eigenvalue weighted by Crippen LogP contribution is 2.25. The van der Waals surface area contributed by atoms with Gasteiger partial charge in [-0.05, 0) is 23.1 Å². The smallest absolute Gasteiger partial charge is 0.363 e. The summed E-state index contributed by atoms with van der Waals surface area (Å²) < 4.78 is 3.34. The van der Waals surface area contributed by atoms with Crippen molar-refractivity contribution in [2.45, 2.75) is 6.42 Å². The van der Waals surface area contributed by atoms with Crippen molar-refractivity contribution in [2.75, 3.05) is 11.9 Å². The van der Waals surface area contributed by atoms with Crippen LogP contribution in [0.25, 0.3) is 11.3 Å². The third-order valence-corrected chi connectivity index (χ3v) is 3.70. The van der Waals surface area contributed by atoms with Gasteiger partial charge in [0.1, 0.15) is 5.82 Å². The van der Waals surface area contributed by atoms with E-state index in [0.717, 1.165) is 11.5 Å². The number of nitrogens with one attached hydrogen (secondary N) is 1. The van der Waals surface area contributed by atoms with Gasteiger partial charge in [0.2, 0.25) is 11.5 Å². The molecule has 0 saturated heterocycles. The summed E-state index contributed by atoms with van der Waals surface area (Å²) in [7, 11) is 0. The van der Waals surface area contributed by atoms with Crippen LogP contribution >= 0.6 is 0 Å². The van der Waals surface area contributed by atoms with Crippen LogP contribution < -0.4 is 5.32 Å². The van der Waals surface area contributed by atoms with Crippen LogP contribution in [0.3, 0.4) is 0 Å². The zero-order valence-corrected chi connectivity index (χ0v) is 12.5. The Bertz CT molecular complexity index is 1040. The molecule has 1 N–H and O–H groups in total. The molecule has 0 fully saturated rings. The molecule has 4 heterocycles. The van der Waals surface area contributed by atoms with E-state index in [-0.39, 0.29) is 11.6 Å². The Morgan fingerprint density at radius 1 is 1.04 bits per heavy atom. The number of fused-ring (bicyclic) bond motifs is 2. The molecular formula is C15H13N7O2. The van der Waals surface area contributed by atoms with Gasteiger partial charge in [-0.1, -0.05) is 12.1 Å². The molecule has 0 spiro atoms. The first-order valence-electron chi connectivity index (χ1n) is 7.38. The largest absolute Gasteiger partial charge is 0.372 e. The van der Waals surface area contributed by atoms with E-state index in [9.17, 15) is 10.1 Å². The third-order valence-electron chi connectivity index (χ3n) is 3.70. The summed E-state index contributed by atoms with van der Waals surface area (Å²) in [4.78, 5) is 15.2.